The Kier molecular flexibility index (Phi) is 3.61. The first-order chi connectivity index (χ1) is 7.66. The summed E-state index contributed by atoms with van der Waals surface area (Å²) >= 11 is 0. The monoisotopic (exact) mass is 223 g/mol. The molecular formula is C12H21N3O. The Balaban J connectivity index is 1.95. The number of hydrogen-bond donors (Lipinski definition) is 1. The lowest BCUT2D eigenvalue weighted by molar-refractivity contribution is 0.0448. The molecule has 1 aromatic rings. The first-order valence-corrected chi connectivity index (χ1v) is 5.99. The van der Waals surface area contributed by atoms with Crippen LogP contribution in [0.4, 0.5) is 0 Å². The second kappa shape index (κ2) is 4.97. The number of hydrogen-bond acceptors (Lipinski definition) is 3. The fourth-order valence-electron chi connectivity index (χ4n) is 2.37. The van der Waals surface area contributed by atoms with Crippen molar-refractivity contribution in [2.24, 2.45) is 18.7 Å². The Hall–Kier alpha value is -0.870. The molecule has 16 heavy (non-hydrogen) atoms. The molecule has 4 heteroatoms. The second-order valence-corrected chi connectivity index (χ2v) is 4.75. The molecule has 1 aromatic heterocycles. The van der Waals surface area contributed by atoms with Gasteiger partial charge in [0.25, 0.3) is 0 Å². The third-order valence-corrected chi connectivity index (χ3v) is 3.34. The van der Waals surface area contributed by atoms with E-state index in [0.717, 1.165) is 31.7 Å². The topological polar surface area (TPSA) is 53.1 Å². The highest BCUT2D eigenvalue weighted by molar-refractivity contribution is 5.10. The van der Waals surface area contributed by atoms with Gasteiger partial charge in [-0.15, -0.1) is 0 Å². The van der Waals surface area contributed by atoms with Crippen LogP contribution in [0, 0.1) is 12.8 Å². The normalized spacial score (nSPS) is 23.3. The van der Waals surface area contributed by atoms with Crippen LogP contribution >= 0.6 is 0 Å². The maximum Gasteiger partial charge on any atom is 0.0596 e. The Morgan fingerprint density at radius 1 is 1.69 bits per heavy atom. The lowest BCUT2D eigenvalue weighted by atomic mass is 9.91. The molecular weight excluding hydrogens is 202 g/mol. The van der Waals surface area contributed by atoms with Gasteiger partial charge in [-0.05, 0) is 31.7 Å². The average Bonchev–Trinajstić information content (AvgIpc) is 2.59. The van der Waals surface area contributed by atoms with Crippen molar-refractivity contribution in [3.63, 3.8) is 0 Å². The highest BCUT2D eigenvalue weighted by Gasteiger charge is 2.22. The van der Waals surface area contributed by atoms with Gasteiger partial charge in [0.05, 0.1) is 12.3 Å². The Morgan fingerprint density at radius 3 is 3.06 bits per heavy atom. The summed E-state index contributed by atoms with van der Waals surface area (Å²) in [6, 6.07) is 2.30. The van der Waals surface area contributed by atoms with Gasteiger partial charge in [0, 0.05) is 31.8 Å². The van der Waals surface area contributed by atoms with Gasteiger partial charge in [0.15, 0.2) is 0 Å². The molecule has 2 atom stereocenters. The van der Waals surface area contributed by atoms with Gasteiger partial charge in [0.1, 0.15) is 0 Å². The Morgan fingerprint density at radius 2 is 2.50 bits per heavy atom. The van der Waals surface area contributed by atoms with Gasteiger partial charge < -0.3 is 10.5 Å². The SMILES string of the molecule is Cc1cc(CC(N)C2CCCOC2)n(C)n1. The molecule has 1 aliphatic rings. The van der Waals surface area contributed by atoms with E-state index in [1.165, 1.54) is 12.1 Å². The summed E-state index contributed by atoms with van der Waals surface area (Å²) in [6.07, 6.45) is 3.23. The lowest BCUT2D eigenvalue weighted by Gasteiger charge is -2.27. The van der Waals surface area contributed by atoms with Crippen molar-refractivity contribution in [3.8, 4) is 0 Å². The van der Waals surface area contributed by atoms with Crippen LogP contribution in [-0.4, -0.2) is 29.0 Å². The number of nitrogens with two attached hydrogens (primary N) is 1. The standard InChI is InChI=1S/C12H21N3O/c1-9-6-11(15(2)14-9)7-12(13)10-4-3-5-16-8-10/h6,10,12H,3-5,7-8,13H2,1-2H3. The summed E-state index contributed by atoms with van der Waals surface area (Å²) < 4.78 is 7.40. The van der Waals surface area contributed by atoms with Gasteiger partial charge in [-0.3, -0.25) is 4.68 Å². The van der Waals surface area contributed by atoms with E-state index in [1.54, 1.807) is 0 Å². The van der Waals surface area contributed by atoms with Gasteiger partial charge in [0.2, 0.25) is 0 Å². The maximum absolute atomic E-state index is 6.24. The maximum atomic E-state index is 6.24. The predicted molar refractivity (Wildman–Crippen MR) is 63.2 cm³/mol. The van der Waals surface area contributed by atoms with Crippen LogP contribution in [0.1, 0.15) is 24.2 Å². The van der Waals surface area contributed by atoms with Gasteiger partial charge >= 0.3 is 0 Å². The van der Waals surface area contributed by atoms with Crippen molar-refractivity contribution in [2.45, 2.75) is 32.2 Å². The molecule has 0 amide bonds. The predicted octanol–water partition coefficient (Wildman–Crippen LogP) is 1.02. The molecule has 4 nitrogen and oxygen atoms in total. The summed E-state index contributed by atoms with van der Waals surface area (Å²) in [5.74, 6) is 0.504. The van der Waals surface area contributed by atoms with Crippen molar-refractivity contribution >= 4 is 0 Å². The zero-order valence-corrected chi connectivity index (χ0v) is 10.1. The van der Waals surface area contributed by atoms with Crippen molar-refractivity contribution in [3.05, 3.63) is 17.5 Å². The van der Waals surface area contributed by atoms with Crippen LogP contribution in [0.15, 0.2) is 6.07 Å². The summed E-state index contributed by atoms with van der Waals surface area (Å²) in [6.45, 7) is 3.73. The summed E-state index contributed by atoms with van der Waals surface area (Å²) in [5, 5.41) is 4.34. The zero-order chi connectivity index (χ0) is 11.5. The molecule has 1 saturated heterocycles. The Bertz CT molecular complexity index is 342. The molecule has 1 aliphatic heterocycles. The van der Waals surface area contributed by atoms with E-state index in [2.05, 4.69) is 11.2 Å². The molecule has 0 bridgehead atoms. The average molecular weight is 223 g/mol. The highest BCUT2D eigenvalue weighted by atomic mass is 16.5. The summed E-state index contributed by atoms with van der Waals surface area (Å²) in [7, 11) is 1.98. The number of nitrogens with zero attached hydrogens (tertiary/aromatic N) is 2. The summed E-state index contributed by atoms with van der Waals surface area (Å²) in [5.41, 5.74) is 8.52. The fourth-order valence-corrected chi connectivity index (χ4v) is 2.37. The Labute approximate surface area is 96.8 Å². The van der Waals surface area contributed by atoms with Gasteiger partial charge in [-0.25, -0.2) is 0 Å². The van der Waals surface area contributed by atoms with Gasteiger partial charge in [-0.2, -0.15) is 5.10 Å². The molecule has 0 saturated carbocycles. The third kappa shape index (κ3) is 2.62. The fraction of sp³-hybridized carbons (Fsp3) is 0.750. The second-order valence-electron chi connectivity index (χ2n) is 4.75. The lowest BCUT2D eigenvalue weighted by Crippen LogP contribution is -2.37. The van der Waals surface area contributed by atoms with Crippen LogP contribution in [0.5, 0.6) is 0 Å². The quantitative estimate of drug-likeness (QED) is 0.832. The van der Waals surface area contributed by atoms with E-state index in [4.69, 9.17) is 10.5 Å². The minimum absolute atomic E-state index is 0.190. The number of ether oxygens (including phenoxy) is 1. The molecule has 2 unspecified atom stereocenters. The van der Waals surface area contributed by atoms with E-state index >= 15 is 0 Å². The number of aryl methyl sites for hydroxylation is 2. The van der Waals surface area contributed by atoms with E-state index < -0.39 is 0 Å². The minimum Gasteiger partial charge on any atom is -0.381 e. The molecule has 2 heterocycles. The van der Waals surface area contributed by atoms with Crippen molar-refractivity contribution in [1.29, 1.82) is 0 Å². The number of aromatic nitrogens is 2. The molecule has 0 spiro atoms. The van der Waals surface area contributed by atoms with E-state index in [9.17, 15) is 0 Å². The minimum atomic E-state index is 0.190. The van der Waals surface area contributed by atoms with Crippen LogP contribution in [0.3, 0.4) is 0 Å². The largest absolute Gasteiger partial charge is 0.381 e. The number of rotatable bonds is 3. The first-order valence-electron chi connectivity index (χ1n) is 5.99. The molecule has 0 radical (unpaired) electrons. The molecule has 90 valence electrons. The molecule has 0 aromatic carbocycles. The van der Waals surface area contributed by atoms with E-state index in [1.807, 2.05) is 18.7 Å². The molecule has 0 aliphatic carbocycles. The smallest absolute Gasteiger partial charge is 0.0596 e. The molecule has 2 N–H and O–H groups in total. The first kappa shape index (κ1) is 11.6. The highest BCUT2D eigenvalue weighted by Crippen LogP contribution is 2.19. The van der Waals surface area contributed by atoms with Crippen LogP contribution in [-0.2, 0) is 18.2 Å². The van der Waals surface area contributed by atoms with Crippen molar-refractivity contribution in [1.82, 2.24) is 9.78 Å². The van der Waals surface area contributed by atoms with Gasteiger partial charge in [-0.1, -0.05) is 0 Å². The third-order valence-electron chi connectivity index (χ3n) is 3.34. The van der Waals surface area contributed by atoms with Crippen LogP contribution in [0.25, 0.3) is 0 Å². The van der Waals surface area contributed by atoms with Crippen molar-refractivity contribution < 1.29 is 4.74 Å². The van der Waals surface area contributed by atoms with Crippen LogP contribution in [0.2, 0.25) is 0 Å². The molecule has 2 rings (SSSR count). The van der Waals surface area contributed by atoms with Crippen molar-refractivity contribution in [2.75, 3.05) is 13.2 Å². The van der Waals surface area contributed by atoms with E-state index in [0.29, 0.717) is 5.92 Å². The summed E-state index contributed by atoms with van der Waals surface area (Å²) in [4.78, 5) is 0. The van der Waals surface area contributed by atoms with E-state index in [-0.39, 0.29) is 6.04 Å². The molecule has 1 fully saturated rings. The zero-order valence-electron chi connectivity index (χ0n) is 10.1. The van der Waals surface area contributed by atoms with Crippen LogP contribution < -0.4 is 5.73 Å².